The van der Waals surface area contributed by atoms with Gasteiger partial charge >= 0.3 is 0 Å². The molecule has 0 aliphatic carbocycles. The van der Waals surface area contributed by atoms with E-state index < -0.39 is 11.8 Å². The van der Waals surface area contributed by atoms with Gasteiger partial charge in [-0.25, -0.2) is 4.98 Å². The molecule has 1 aromatic carbocycles. The number of benzene rings is 1. The minimum absolute atomic E-state index is 0.0124. The Labute approximate surface area is 151 Å². The average molecular weight is 370 g/mol. The van der Waals surface area contributed by atoms with Crippen molar-refractivity contribution in [2.24, 2.45) is 0 Å². The van der Waals surface area contributed by atoms with E-state index in [1.54, 1.807) is 29.8 Å². The molecular formula is C16H14N6O3S. The van der Waals surface area contributed by atoms with Crippen LogP contribution in [0.3, 0.4) is 0 Å². The summed E-state index contributed by atoms with van der Waals surface area (Å²) in [7, 11) is 1.46. The molecule has 2 heterocycles. The highest BCUT2D eigenvalue weighted by atomic mass is 32.1. The van der Waals surface area contributed by atoms with E-state index in [1.165, 1.54) is 30.9 Å². The van der Waals surface area contributed by atoms with Crippen LogP contribution >= 0.6 is 11.3 Å². The van der Waals surface area contributed by atoms with Gasteiger partial charge in [-0.1, -0.05) is 0 Å². The first-order chi connectivity index (χ1) is 12.6. The Morgan fingerprint density at radius 2 is 1.65 bits per heavy atom. The van der Waals surface area contributed by atoms with Gasteiger partial charge in [0.2, 0.25) is 0 Å². The summed E-state index contributed by atoms with van der Waals surface area (Å²) in [6.45, 7) is 0. The number of nitrogens with one attached hydrogen (secondary N) is 4. The van der Waals surface area contributed by atoms with Crippen molar-refractivity contribution >= 4 is 40.4 Å². The molecule has 132 valence electrons. The number of rotatable bonds is 5. The summed E-state index contributed by atoms with van der Waals surface area (Å²) in [4.78, 5) is 46.8. The van der Waals surface area contributed by atoms with Crippen molar-refractivity contribution in [1.82, 2.24) is 20.3 Å². The lowest BCUT2D eigenvalue weighted by molar-refractivity contribution is 0.0943. The fourth-order valence-electron chi connectivity index (χ4n) is 2.11. The molecule has 0 bridgehead atoms. The summed E-state index contributed by atoms with van der Waals surface area (Å²) >= 11 is 1.24. The minimum Gasteiger partial charge on any atom is -0.354 e. The third kappa shape index (κ3) is 3.75. The van der Waals surface area contributed by atoms with Crippen LogP contribution < -0.4 is 16.0 Å². The Kier molecular flexibility index (Phi) is 5.04. The van der Waals surface area contributed by atoms with E-state index in [9.17, 15) is 14.4 Å². The molecule has 4 N–H and O–H groups in total. The zero-order valence-corrected chi connectivity index (χ0v) is 14.4. The van der Waals surface area contributed by atoms with E-state index in [0.717, 1.165) is 0 Å². The van der Waals surface area contributed by atoms with E-state index in [1.807, 2.05) is 0 Å². The Balaban J connectivity index is 1.66. The van der Waals surface area contributed by atoms with Crippen LogP contribution in [0.5, 0.6) is 0 Å². The standard InChI is InChI=1S/C16H14N6O3S/c1-17-15(24)12-13(20-7-19-12)16(25)22-10-4-2-9(3-5-10)21-14(23)11-6-18-8-26-11/h2-8H,1H3,(H,17,24)(H,19,20)(H,21,23)(H,22,25). The first-order valence-corrected chi connectivity index (χ1v) is 8.33. The van der Waals surface area contributed by atoms with Crippen LogP contribution in [0.25, 0.3) is 0 Å². The number of H-pyrrole nitrogens is 1. The van der Waals surface area contributed by atoms with Gasteiger partial charge in [-0.15, -0.1) is 11.3 Å². The van der Waals surface area contributed by atoms with Gasteiger partial charge in [-0.05, 0) is 24.3 Å². The lowest BCUT2D eigenvalue weighted by atomic mass is 10.2. The van der Waals surface area contributed by atoms with Gasteiger partial charge in [-0.3, -0.25) is 19.4 Å². The number of nitrogens with zero attached hydrogens (tertiary/aromatic N) is 2. The van der Waals surface area contributed by atoms with Gasteiger partial charge < -0.3 is 20.9 Å². The maximum atomic E-state index is 12.3. The molecule has 26 heavy (non-hydrogen) atoms. The number of hydrogen-bond donors (Lipinski definition) is 4. The molecule has 0 atom stereocenters. The van der Waals surface area contributed by atoms with Crippen molar-refractivity contribution in [3.8, 4) is 0 Å². The number of amides is 3. The molecule has 0 fully saturated rings. The predicted octanol–water partition coefficient (Wildman–Crippen LogP) is 1.73. The van der Waals surface area contributed by atoms with E-state index in [0.29, 0.717) is 16.3 Å². The predicted molar refractivity (Wildman–Crippen MR) is 96.4 cm³/mol. The number of aromatic amines is 1. The molecule has 0 aliphatic rings. The van der Waals surface area contributed by atoms with Gasteiger partial charge in [0.1, 0.15) is 10.6 Å². The quantitative estimate of drug-likeness (QED) is 0.544. The molecule has 0 spiro atoms. The molecule has 2 aromatic heterocycles. The third-order valence-electron chi connectivity index (χ3n) is 3.37. The van der Waals surface area contributed by atoms with E-state index in [-0.39, 0.29) is 17.3 Å². The van der Waals surface area contributed by atoms with Crippen LogP contribution in [-0.2, 0) is 0 Å². The largest absolute Gasteiger partial charge is 0.354 e. The zero-order valence-electron chi connectivity index (χ0n) is 13.6. The van der Waals surface area contributed by atoms with Crippen molar-refractivity contribution in [3.05, 3.63) is 58.6 Å². The van der Waals surface area contributed by atoms with Gasteiger partial charge in [0, 0.05) is 18.4 Å². The van der Waals surface area contributed by atoms with Crippen LogP contribution in [0, 0.1) is 0 Å². The van der Waals surface area contributed by atoms with Gasteiger partial charge in [0.05, 0.1) is 18.0 Å². The van der Waals surface area contributed by atoms with E-state index in [4.69, 9.17) is 0 Å². The summed E-state index contributed by atoms with van der Waals surface area (Å²) < 4.78 is 0. The molecule has 0 aliphatic heterocycles. The second kappa shape index (κ2) is 7.57. The number of imidazole rings is 1. The smallest absolute Gasteiger partial charge is 0.274 e. The third-order valence-corrected chi connectivity index (χ3v) is 4.14. The maximum absolute atomic E-state index is 12.3. The number of hydrogen-bond acceptors (Lipinski definition) is 6. The highest BCUT2D eigenvalue weighted by Gasteiger charge is 2.19. The summed E-state index contributed by atoms with van der Waals surface area (Å²) in [5, 5.41) is 7.81. The van der Waals surface area contributed by atoms with E-state index >= 15 is 0 Å². The van der Waals surface area contributed by atoms with Crippen LogP contribution in [0.2, 0.25) is 0 Å². The van der Waals surface area contributed by atoms with Crippen LogP contribution in [0.1, 0.15) is 30.6 Å². The summed E-state index contributed by atoms with van der Waals surface area (Å²) in [6.07, 6.45) is 2.76. The molecular weight excluding hydrogens is 356 g/mol. The first-order valence-electron chi connectivity index (χ1n) is 7.45. The van der Waals surface area contributed by atoms with Gasteiger partial charge in [0.15, 0.2) is 5.69 Å². The normalized spacial score (nSPS) is 10.2. The minimum atomic E-state index is -0.498. The van der Waals surface area contributed by atoms with Crippen molar-refractivity contribution in [2.75, 3.05) is 17.7 Å². The molecule has 0 saturated heterocycles. The second-order valence-corrected chi connectivity index (χ2v) is 5.94. The molecule has 3 rings (SSSR count). The maximum Gasteiger partial charge on any atom is 0.274 e. The summed E-state index contributed by atoms with van der Waals surface area (Å²) in [6, 6.07) is 6.58. The van der Waals surface area contributed by atoms with Crippen LogP contribution in [0.4, 0.5) is 11.4 Å². The molecule has 10 heteroatoms. The topological polar surface area (TPSA) is 129 Å². The number of carbonyl (C=O) groups is 3. The Morgan fingerprint density at radius 3 is 2.23 bits per heavy atom. The van der Waals surface area contributed by atoms with Crippen LogP contribution in [-0.4, -0.2) is 39.7 Å². The molecule has 3 amide bonds. The van der Waals surface area contributed by atoms with Crippen molar-refractivity contribution < 1.29 is 14.4 Å². The Morgan fingerprint density at radius 1 is 1.00 bits per heavy atom. The number of thiazole rings is 1. The SMILES string of the molecule is CNC(=O)c1nc[nH]c1C(=O)Nc1ccc(NC(=O)c2cncs2)cc1. The lowest BCUT2D eigenvalue weighted by Crippen LogP contribution is -2.23. The second-order valence-electron chi connectivity index (χ2n) is 5.06. The monoisotopic (exact) mass is 370 g/mol. The first kappa shape index (κ1) is 17.3. The highest BCUT2D eigenvalue weighted by molar-refractivity contribution is 7.11. The number of carbonyl (C=O) groups excluding carboxylic acids is 3. The summed E-state index contributed by atoms with van der Waals surface area (Å²) in [5.74, 6) is -1.21. The Bertz CT molecular complexity index is 933. The average Bonchev–Trinajstić information content (AvgIpc) is 3.34. The fourth-order valence-corrected chi connectivity index (χ4v) is 2.62. The van der Waals surface area contributed by atoms with Crippen molar-refractivity contribution in [3.63, 3.8) is 0 Å². The number of anilines is 2. The highest BCUT2D eigenvalue weighted by Crippen LogP contribution is 2.17. The zero-order chi connectivity index (χ0) is 18.5. The van der Waals surface area contributed by atoms with Crippen molar-refractivity contribution in [2.45, 2.75) is 0 Å². The molecule has 0 radical (unpaired) electrons. The lowest BCUT2D eigenvalue weighted by Gasteiger charge is -2.07. The summed E-state index contributed by atoms with van der Waals surface area (Å²) in [5.41, 5.74) is 2.73. The van der Waals surface area contributed by atoms with Crippen molar-refractivity contribution in [1.29, 1.82) is 0 Å². The molecule has 0 unspecified atom stereocenters. The Hall–Kier alpha value is -3.53. The van der Waals surface area contributed by atoms with Crippen LogP contribution in [0.15, 0.2) is 42.3 Å². The fraction of sp³-hybridized carbons (Fsp3) is 0.0625. The molecule has 3 aromatic rings. The van der Waals surface area contributed by atoms with E-state index in [2.05, 4.69) is 30.9 Å². The molecule has 0 saturated carbocycles. The molecule has 9 nitrogen and oxygen atoms in total. The van der Waals surface area contributed by atoms with Gasteiger partial charge in [0.25, 0.3) is 17.7 Å². The number of aromatic nitrogens is 3. The van der Waals surface area contributed by atoms with Gasteiger partial charge in [-0.2, -0.15) is 0 Å².